The largest absolute Gasteiger partial charge is 0.493 e. The smallest absolute Gasteiger partial charge is 0.343 e. The Hall–Kier alpha value is -3.52. The Balaban J connectivity index is 1.34. The molecule has 2 heterocycles. The fourth-order valence-electron chi connectivity index (χ4n) is 6.75. The van der Waals surface area contributed by atoms with Crippen LogP contribution in [0.4, 0.5) is 0 Å². The lowest BCUT2D eigenvalue weighted by Crippen LogP contribution is -2.74. The number of piperidine rings is 1. The predicted molar refractivity (Wildman–Crippen MR) is 143 cm³/mol. The fraction of sp³-hybridized carbons (Fsp3) is 0.586. The summed E-state index contributed by atoms with van der Waals surface area (Å²) in [6.45, 7) is 4.58. The van der Waals surface area contributed by atoms with Crippen molar-refractivity contribution in [2.75, 3.05) is 20.7 Å². The molecule has 2 aliphatic carbocycles. The molecule has 5 rings (SSSR count). The number of ketones is 1. The minimum atomic E-state index is -2.37. The lowest BCUT2D eigenvalue weighted by atomic mass is 9.50. The van der Waals surface area contributed by atoms with Crippen LogP contribution in [-0.4, -0.2) is 107 Å². The molecular weight excluding hydrogens is 552 g/mol. The minimum absolute atomic E-state index is 0.0321. The van der Waals surface area contributed by atoms with Crippen molar-refractivity contribution in [3.63, 3.8) is 0 Å². The van der Waals surface area contributed by atoms with Crippen LogP contribution in [0.1, 0.15) is 44.7 Å². The first-order valence-corrected chi connectivity index (χ1v) is 13.9. The SMILES string of the molecule is COc1ccc2c3c1O[C@H]1C(OC(=O)[C@H](O)[C@@H](O)C(=O)O[C@@H](C)C(=O)N[C@@H](C)C(C)=O)=CC[C@@]4(O)[C@@H](C2)N(C)CC[C@]314. The summed E-state index contributed by atoms with van der Waals surface area (Å²) >= 11 is 0. The number of likely N-dealkylation sites (tertiary alicyclic amines) is 1. The van der Waals surface area contributed by atoms with Gasteiger partial charge in [-0.25, -0.2) is 9.59 Å². The van der Waals surface area contributed by atoms with E-state index in [1.807, 2.05) is 13.1 Å². The number of methoxy groups -OCH3 is 1. The van der Waals surface area contributed by atoms with Crippen LogP contribution in [0.2, 0.25) is 0 Å². The maximum Gasteiger partial charge on any atom is 0.343 e. The molecule has 2 aliphatic heterocycles. The fourth-order valence-corrected chi connectivity index (χ4v) is 6.75. The van der Waals surface area contributed by atoms with Crippen molar-refractivity contribution in [1.29, 1.82) is 0 Å². The van der Waals surface area contributed by atoms with Crippen LogP contribution in [0.25, 0.3) is 0 Å². The molecule has 8 atom stereocenters. The van der Waals surface area contributed by atoms with E-state index in [-0.39, 0.29) is 24.0 Å². The van der Waals surface area contributed by atoms with E-state index in [4.69, 9.17) is 18.9 Å². The molecule has 13 nitrogen and oxygen atoms in total. The van der Waals surface area contributed by atoms with Crippen LogP contribution < -0.4 is 14.8 Å². The zero-order chi connectivity index (χ0) is 30.7. The molecule has 0 unspecified atom stereocenters. The van der Waals surface area contributed by atoms with E-state index in [1.54, 1.807) is 6.07 Å². The summed E-state index contributed by atoms with van der Waals surface area (Å²) in [6, 6.07) is 2.70. The quantitative estimate of drug-likeness (QED) is 0.266. The number of benzene rings is 1. The molecule has 0 radical (unpaired) electrons. The Labute approximate surface area is 242 Å². The molecule has 13 heteroatoms. The molecule has 228 valence electrons. The molecule has 1 spiro atoms. The standard InChI is InChI=1S/C29H36N2O11/c1-13(14(2)32)30-25(35)15(3)40-26(36)21(33)22(34)27(37)41-18-8-9-29(38)19-12-16-6-7-17(39-5)23-20(16)28(29,24(18)42-23)10-11-31(19)4/h6-8,13,15,19,21-22,24,33-34,38H,9-12H2,1-5H3,(H,30,35)/t13-,15-,19+,21+,22+,24-,28-,29+/m0/s1. The molecule has 42 heavy (non-hydrogen) atoms. The van der Waals surface area contributed by atoms with Gasteiger partial charge in [0.2, 0.25) is 0 Å². The first kappa shape index (κ1) is 30.0. The van der Waals surface area contributed by atoms with Gasteiger partial charge in [-0.3, -0.25) is 9.59 Å². The third-order valence-electron chi connectivity index (χ3n) is 9.19. The highest BCUT2D eigenvalue weighted by molar-refractivity contribution is 5.91. The van der Waals surface area contributed by atoms with E-state index < -0.39 is 59.3 Å². The summed E-state index contributed by atoms with van der Waals surface area (Å²) in [5, 5.41) is 35.4. The Morgan fingerprint density at radius 1 is 1.14 bits per heavy atom. The number of hydrogen-bond acceptors (Lipinski definition) is 12. The third-order valence-corrected chi connectivity index (χ3v) is 9.19. The number of hydrogen-bond donors (Lipinski definition) is 4. The van der Waals surface area contributed by atoms with E-state index in [0.717, 1.165) is 11.1 Å². The second kappa shape index (κ2) is 10.6. The first-order valence-electron chi connectivity index (χ1n) is 13.9. The maximum absolute atomic E-state index is 13.0. The molecule has 1 saturated heterocycles. The number of nitrogens with one attached hydrogen (secondary N) is 1. The van der Waals surface area contributed by atoms with Crippen molar-refractivity contribution >= 4 is 23.6 Å². The molecular formula is C29H36N2O11. The van der Waals surface area contributed by atoms with Crippen LogP contribution in [0.3, 0.4) is 0 Å². The molecule has 1 aromatic carbocycles. The number of Topliss-reactive ketones (excluding diaryl/α,β-unsaturated/α-hetero) is 1. The first-order chi connectivity index (χ1) is 19.8. The number of amides is 1. The van der Waals surface area contributed by atoms with Gasteiger partial charge in [-0.2, -0.15) is 0 Å². The van der Waals surface area contributed by atoms with Gasteiger partial charge in [-0.05, 0) is 64.9 Å². The van der Waals surface area contributed by atoms with Crippen LogP contribution >= 0.6 is 0 Å². The van der Waals surface area contributed by atoms with Crippen molar-refractivity contribution < 1.29 is 53.4 Å². The summed E-state index contributed by atoms with van der Waals surface area (Å²) in [5.74, 6) is -2.94. The lowest BCUT2D eigenvalue weighted by Gasteiger charge is -2.61. The van der Waals surface area contributed by atoms with Crippen molar-refractivity contribution in [3.05, 3.63) is 35.1 Å². The van der Waals surface area contributed by atoms with Crippen molar-refractivity contribution in [2.45, 2.75) is 87.5 Å². The Morgan fingerprint density at radius 3 is 2.50 bits per heavy atom. The molecule has 1 amide bonds. The van der Waals surface area contributed by atoms with E-state index in [9.17, 15) is 34.5 Å². The summed E-state index contributed by atoms with van der Waals surface area (Å²) in [6.07, 6.45) is -4.33. The predicted octanol–water partition coefficient (Wildman–Crippen LogP) is -0.737. The second-order valence-corrected chi connectivity index (χ2v) is 11.5. The van der Waals surface area contributed by atoms with E-state index in [2.05, 4.69) is 10.2 Å². The van der Waals surface area contributed by atoms with E-state index >= 15 is 0 Å². The minimum Gasteiger partial charge on any atom is -0.493 e. The summed E-state index contributed by atoms with van der Waals surface area (Å²) < 4.78 is 22.4. The third kappa shape index (κ3) is 4.37. The number of carbonyl (C=O) groups excluding carboxylic acids is 4. The number of nitrogens with zero attached hydrogens (tertiary/aromatic N) is 1. The zero-order valence-corrected chi connectivity index (χ0v) is 24.1. The van der Waals surface area contributed by atoms with Gasteiger partial charge >= 0.3 is 11.9 Å². The molecule has 4 N–H and O–H groups in total. The summed E-state index contributed by atoms with van der Waals surface area (Å²) in [4.78, 5) is 51.1. The zero-order valence-electron chi connectivity index (χ0n) is 24.1. The number of aliphatic hydroxyl groups excluding tert-OH is 2. The molecule has 4 aliphatic rings. The van der Waals surface area contributed by atoms with Gasteiger partial charge in [0, 0.05) is 18.0 Å². The van der Waals surface area contributed by atoms with Gasteiger partial charge in [-0.15, -0.1) is 0 Å². The molecule has 0 aromatic heterocycles. The second-order valence-electron chi connectivity index (χ2n) is 11.5. The number of esters is 2. The van der Waals surface area contributed by atoms with Crippen molar-refractivity contribution in [1.82, 2.24) is 10.2 Å². The van der Waals surface area contributed by atoms with Gasteiger partial charge in [-0.1, -0.05) is 6.07 Å². The van der Waals surface area contributed by atoms with Crippen LogP contribution in [-0.2, 0) is 40.5 Å². The Morgan fingerprint density at radius 2 is 1.83 bits per heavy atom. The maximum atomic E-state index is 13.0. The Kier molecular flexibility index (Phi) is 7.59. The average molecular weight is 589 g/mol. The number of carbonyl (C=O) groups is 4. The van der Waals surface area contributed by atoms with Crippen LogP contribution in [0, 0.1) is 0 Å². The number of likely N-dealkylation sites (N-methyl/N-ethyl adjacent to an activating group) is 1. The van der Waals surface area contributed by atoms with E-state index in [1.165, 1.54) is 34.0 Å². The normalized spacial score (nSPS) is 30.0. The average Bonchev–Trinajstić information content (AvgIpc) is 3.31. The molecule has 1 fully saturated rings. The van der Waals surface area contributed by atoms with Crippen molar-refractivity contribution in [3.8, 4) is 11.5 Å². The van der Waals surface area contributed by atoms with Gasteiger partial charge in [0.05, 0.1) is 24.2 Å². The van der Waals surface area contributed by atoms with Crippen LogP contribution in [0.5, 0.6) is 11.5 Å². The summed E-state index contributed by atoms with van der Waals surface area (Å²) in [7, 11) is 3.47. The van der Waals surface area contributed by atoms with Gasteiger partial charge in [0.15, 0.2) is 41.7 Å². The van der Waals surface area contributed by atoms with Gasteiger partial charge < -0.3 is 44.5 Å². The highest BCUT2D eigenvalue weighted by atomic mass is 16.6. The number of rotatable bonds is 9. The number of ether oxygens (including phenoxy) is 4. The van der Waals surface area contributed by atoms with Gasteiger partial charge in [0.25, 0.3) is 5.91 Å². The highest BCUT2D eigenvalue weighted by Gasteiger charge is 2.72. The molecule has 1 aromatic rings. The highest BCUT2D eigenvalue weighted by Crippen LogP contribution is 2.65. The molecule has 0 saturated carbocycles. The Bertz CT molecular complexity index is 1360. The number of aliphatic hydroxyl groups is 3. The topological polar surface area (TPSA) is 181 Å². The molecule has 2 bridgehead atoms. The lowest BCUT2D eigenvalue weighted by molar-refractivity contribution is -0.181. The summed E-state index contributed by atoms with van der Waals surface area (Å²) in [5.41, 5.74) is -0.398. The van der Waals surface area contributed by atoms with Crippen LogP contribution in [0.15, 0.2) is 24.0 Å². The monoisotopic (exact) mass is 588 g/mol. The van der Waals surface area contributed by atoms with E-state index in [0.29, 0.717) is 30.9 Å². The van der Waals surface area contributed by atoms with Gasteiger partial charge in [0.1, 0.15) is 5.76 Å². The van der Waals surface area contributed by atoms with Crippen molar-refractivity contribution in [2.24, 2.45) is 0 Å².